The summed E-state index contributed by atoms with van der Waals surface area (Å²) in [6.07, 6.45) is 3.33. The summed E-state index contributed by atoms with van der Waals surface area (Å²) in [6.45, 7) is 11.3. The number of carboxylic acid groups (broad SMARTS) is 1. The van der Waals surface area contributed by atoms with Crippen molar-refractivity contribution in [3.05, 3.63) is 0 Å². The Hall–Kier alpha value is -0.610. The Bertz CT molecular complexity index is 248. The molecule has 0 heterocycles. The van der Waals surface area contributed by atoms with E-state index in [2.05, 4.69) is 5.32 Å². The van der Waals surface area contributed by atoms with E-state index < -0.39 is 11.5 Å². The van der Waals surface area contributed by atoms with E-state index in [1.165, 1.54) is 0 Å². The summed E-state index contributed by atoms with van der Waals surface area (Å²) >= 11 is 0. The molecule has 4 heteroatoms. The van der Waals surface area contributed by atoms with Crippen LogP contribution in [-0.2, 0) is 9.53 Å². The minimum absolute atomic E-state index is 0.115. The number of rotatable bonds is 9. The van der Waals surface area contributed by atoms with Crippen molar-refractivity contribution in [2.24, 2.45) is 0 Å². The molecule has 18 heavy (non-hydrogen) atoms. The number of carbonyl (C=O) groups is 1. The topological polar surface area (TPSA) is 58.6 Å². The van der Waals surface area contributed by atoms with Gasteiger partial charge >= 0.3 is 5.97 Å². The van der Waals surface area contributed by atoms with E-state index in [9.17, 15) is 9.90 Å². The molecule has 0 aromatic heterocycles. The first-order chi connectivity index (χ1) is 8.21. The number of hydrogen-bond donors (Lipinski definition) is 2. The van der Waals surface area contributed by atoms with Gasteiger partial charge in [0.05, 0.1) is 5.60 Å². The van der Waals surface area contributed by atoms with E-state index in [0.29, 0.717) is 13.0 Å². The fourth-order valence-electron chi connectivity index (χ4n) is 1.63. The highest BCUT2D eigenvalue weighted by molar-refractivity contribution is 5.78. The third-order valence-corrected chi connectivity index (χ3v) is 2.84. The molecule has 0 spiro atoms. The molecule has 0 aromatic rings. The molecule has 0 fully saturated rings. The fraction of sp³-hybridized carbons (Fsp3) is 0.929. The minimum Gasteiger partial charge on any atom is -0.480 e. The van der Waals surface area contributed by atoms with Gasteiger partial charge in [0.25, 0.3) is 0 Å². The van der Waals surface area contributed by atoms with Crippen molar-refractivity contribution in [2.75, 3.05) is 13.2 Å². The van der Waals surface area contributed by atoms with Crippen LogP contribution in [0, 0.1) is 0 Å². The summed E-state index contributed by atoms with van der Waals surface area (Å²) in [4.78, 5) is 11.3. The van der Waals surface area contributed by atoms with Gasteiger partial charge in [0.15, 0.2) is 0 Å². The van der Waals surface area contributed by atoms with Crippen LogP contribution < -0.4 is 5.32 Å². The number of unbranched alkanes of at least 4 members (excludes halogenated alkanes) is 1. The van der Waals surface area contributed by atoms with Gasteiger partial charge in [-0.3, -0.25) is 4.79 Å². The maximum Gasteiger partial charge on any atom is 0.323 e. The van der Waals surface area contributed by atoms with Gasteiger partial charge < -0.3 is 15.2 Å². The van der Waals surface area contributed by atoms with Gasteiger partial charge in [-0.05, 0) is 59.9 Å². The van der Waals surface area contributed by atoms with Gasteiger partial charge in [0.1, 0.15) is 5.54 Å². The molecule has 0 aromatic carbocycles. The average Bonchev–Trinajstić information content (AvgIpc) is 2.24. The second-order valence-corrected chi connectivity index (χ2v) is 5.98. The summed E-state index contributed by atoms with van der Waals surface area (Å²) in [5, 5.41) is 12.4. The Morgan fingerprint density at radius 1 is 1.22 bits per heavy atom. The molecule has 0 aliphatic rings. The van der Waals surface area contributed by atoms with Crippen LogP contribution in [0.25, 0.3) is 0 Å². The predicted octanol–water partition coefficient (Wildman–Crippen LogP) is 2.81. The van der Waals surface area contributed by atoms with Crippen LogP contribution in [0.4, 0.5) is 0 Å². The molecule has 1 atom stereocenters. The van der Waals surface area contributed by atoms with Crippen molar-refractivity contribution in [2.45, 2.75) is 71.4 Å². The third kappa shape index (κ3) is 7.67. The van der Waals surface area contributed by atoms with Crippen LogP contribution >= 0.6 is 0 Å². The summed E-state index contributed by atoms with van der Waals surface area (Å²) in [5.41, 5.74) is -0.922. The number of hydrogen-bond acceptors (Lipinski definition) is 3. The molecule has 2 N–H and O–H groups in total. The number of aliphatic carboxylic acids is 1. The van der Waals surface area contributed by atoms with E-state index in [1.807, 2.05) is 27.7 Å². The van der Waals surface area contributed by atoms with Crippen molar-refractivity contribution < 1.29 is 14.6 Å². The summed E-state index contributed by atoms with van der Waals surface area (Å²) in [5.74, 6) is -0.771. The first-order valence-corrected chi connectivity index (χ1v) is 6.83. The first-order valence-electron chi connectivity index (χ1n) is 6.83. The van der Waals surface area contributed by atoms with Gasteiger partial charge in [0, 0.05) is 6.61 Å². The lowest BCUT2D eigenvalue weighted by atomic mass is 9.95. The molecule has 0 amide bonds. The van der Waals surface area contributed by atoms with E-state index in [0.717, 1.165) is 25.8 Å². The standard InChI is InChI=1S/C14H29NO3/c1-6-10-15-14(5,12(16)17)9-7-8-11-18-13(2,3)4/h15H,6-11H2,1-5H3,(H,16,17). The molecule has 1 unspecified atom stereocenters. The average molecular weight is 259 g/mol. The zero-order chi connectivity index (χ0) is 14.2. The summed E-state index contributed by atoms with van der Waals surface area (Å²) < 4.78 is 5.62. The van der Waals surface area contributed by atoms with Crippen molar-refractivity contribution in [1.82, 2.24) is 5.32 Å². The van der Waals surface area contributed by atoms with Crippen molar-refractivity contribution in [3.63, 3.8) is 0 Å². The van der Waals surface area contributed by atoms with E-state index in [4.69, 9.17) is 4.74 Å². The Labute approximate surface area is 111 Å². The zero-order valence-electron chi connectivity index (χ0n) is 12.5. The van der Waals surface area contributed by atoms with E-state index >= 15 is 0 Å². The lowest BCUT2D eigenvalue weighted by Gasteiger charge is -2.26. The first kappa shape index (κ1) is 17.4. The van der Waals surface area contributed by atoms with Gasteiger partial charge in [0.2, 0.25) is 0 Å². The Kier molecular flexibility index (Phi) is 7.48. The molecule has 0 saturated carbocycles. The zero-order valence-corrected chi connectivity index (χ0v) is 12.5. The summed E-state index contributed by atoms with van der Waals surface area (Å²) in [7, 11) is 0. The van der Waals surface area contributed by atoms with Gasteiger partial charge in [-0.25, -0.2) is 0 Å². The Morgan fingerprint density at radius 2 is 1.83 bits per heavy atom. The van der Waals surface area contributed by atoms with Crippen LogP contribution in [0.3, 0.4) is 0 Å². The molecular weight excluding hydrogens is 230 g/mol. The number of ether oxygens (including phenoxy) is 1. The van der Waals surface area contributed by atoms with Crippen LogP contribution in [0.1, 0.15) is 60.3 Å². The molecule has 4 nitrogen and oxygen atoms in total. The normalized spacial score (nSPS) is 15.4. The van der Waals surface area contributed by atoms with Crippen LogP contribution in [0.5, 0.6) is 0 Å². The SMILES string of the molecule is CCCNC(C)(CCCCOC(C)(C)C)C(=O)O. The van der Waals surface area contributed by atoms with Gasteiger partial charge in [-0.2, -0.15) is 0 Å². The van der Waals surface area contributed by atoms with Crippen molar-refractivity contribution >= 4 is 5.97 Å². The molecule has 0 aliphatic heterocycles. The van der Waals surface area contributed by atoms with Crippen molar-refractivity contribution in [1.29, 1.82) is 0 Å². The maximum absolute atomic E-state index is 11.3. The third-order valence-electron chi connectivity index (χ3n) is 2.84. The lowest BCUT2D eigenvalue weighted by Crippen LogP contribution is -2.49. The predicted molar refractivity (Wildman–Crippen MR) is 73.9 cm³/mol. The molecule has 108 valence electrons. The molecule has 0 radical (unpaired) electrons. The summed E-state index contributed by atoms with van der Waals surface area (Å²) in [6, 6.07) is 0. The fourth-order valence-corrected chi connectivity index (χ4v) is 1.63. The highest BCUT2D eigenvalue weighted by Gasteiger charge is 2.31. The minimum atomic E-state index is -0.808. The van der Waals surface area contributed by atoms with E-state index in [1.54, 1.807) is 6.92 Å². The lowest BCUT2D eigenvalue weighted by molar-refractivity contribution is -0.144. The number of nitrogens with one attached hydrogen (secondary N) is 1. The highest BCUT2D eigenvalue weighted by Crippen LogP contribution is 2.15. The quantitative estimate of drug-likeness (QED) is 0.625. The molecule has 0 saturated heterocycles. The molecular formula is C14H29NO3. The van der Waals surface area contributed by atoms with Gasteiger partial charge in [-0.15, -0.1) is 0 Å². The maximum atomic E-state index is 11.3. The smallest absolute Gasteiger partial charge is 0.323 e. The Balaban J connectivity index is 3.95. The van der Waals surface area contributed by atoms with Crippen LogP contribution in [-0.4, -0.2) is 35.4 Å². The van der Waals surface area contributed by atoms with E-state index in [-0.39, 0.29) is 5.60 Å². The van der Waals surface area contributed by atoms with Gasteiger partial charge in [-0.1, -0.05) is 6.92 Å². The molecule has 0 rings (SSSR count). The number of carboxylic acids is 1. The highest BCUT2D eigenvalue weighted by atomic mass is 16.5. The second-order valence-electron chi connectivity index (χ2n) is 5.98. The van der Waals surface area contributed by atoms with Crippen molar-refractivity contribution in [3.8, 4) is 0 Å². The second kappa shape index (κ2) is 7.74. The molecule has 0 bridgehead atoms. The largest absolute Gasteiger partial charge is 0.480 e. The van der Waals surface area contributed by atoms with Crippen LogP contribution in [0.15, 0.2) is 0 Å². The Morgan fingerprint density at radius 3 is 2.28 bits per heavy atom. The molecule has 0 aliphatic carbocycles. The monoisotopic (exact) mass is 259 g/mol. The van der Waals surface area contributed by atoms with Crippen LogP contribution in [0.2, 0.25) is 0 Å².